The van der Waals surface area contributed by atoms with Crippen molar-refractivity contribution in [3.63, 3.8) is 0 Å². The molecular weight excluding hydrogens is 279 g/mol. The van der Waals surface area contributed by atoms with Gasteiger partial charge in [0.2, 0.25) is 0 Å². The van der Waals surface area contributed by atoms with E-state index in [2.05, 4.69) is 10.3 Å². The fourth-order valence-electron chi connectivity index (χ4n) is 1.68. The molecule has 0 saturated heterocycles. The van der Waals surface area contributed by atoms with Gasteiger partial charge in [-0.3, -0.25) is 0 Å². The van der Waals surface area contributed by atoms with Gasteiger partial charge in [-0.15, -0.1) is 0 Å². The van der Waals surface area contributed by atoms with Crippen molar-refractivity contribution in [1.82, 2.24) is 4.98 Å². The molecule has 0 amide bonds. The third-order valence-electron chi connectivity index (χ3n) is 2.80. The van der Waals surface area contributed by atoms with E-state index in [-0.39, 0.29) is 12.4 Å². The van der Waals surface area contributed by atoms with Crippen molar-refractivity contribution in [2.24, 2.45) is 0 Å². The van der Waals surface area contributed by atoms with E-state index in [1.807, 2.05) is 6.92 Å². The van der Waals surface area contributed by atoms with Gasteiger partial charge in [0.05, 0.1) is 10.7 Å². The summed E-state index contributed by atoms with van der Waals surface area (Å²) in [5, 5.41) is 3.63. The normalized spacial score (nSPS) is 10.4. The third kappa shape index (κ3) is 3.61. The minimum atomic E-state index is -0.289. The van der Waals surface area contributed by atoms with Crippen LogP contribution in [0, 0.1) is 12.7 Å². The molecule has 0 unspecified atom stereocenters. The van der Waals surface area contributed by atoms with Crippen LogP contribution >= 0.6 is 11.6 Å². The lowest BCUT2D eigenvalue weighted by Gasteiger charge is -2.10. The number of nitrogens with one attached hydrogen (secondary N) is 1. The Bertz CT molecular complexity index is 604. The van der Waals surface area contributed by atoms with Crippen molar-refractivity contribution in [3.05, 3.63) is 52.4 Å². The zero-order valence-electron chi connectivity index (χ0n) is 11.4. The molecule has 0 radical (unpaired) electrons. The van der Waals surface area contributed by atoms with Crippen molar-refractivity contribution in [2.75, 3.05) is 11.9 Å². The van der Waals surface area contributed by atoms with Gasteiger partial charge in [0, 0.05) is 12.6 Å². The van der Waals surface area contributed by atoms with Gasteiger partial charge in [-0.1, -0.05) is 17.7 Å². The SMILES string of the molecule is CCNc1ccc(Cl)c(COc2ccc(C)c(F)c2)n1. The number of pyridine rings is 1. The summed E-state index contributed by atoms with van der Waals surface area (Å²) in [6.45, 7) is 4.66. The first-order valence-electron chi connectivity index (χ1n) is 6.38. The number of aryl methyl sites for hydroxylation is 1. The summed E-state index contributed by atoms with van der Waals surface area (Å²) < 4.78 is 18.9. The molecule has 1 aromatic carbocycles. The molecule has 1 aromatic heterocycles. The first kappa shape index (κ1) is 14.6. The molecule has 2 aromatic rings. The highest BCUT2D eigenvalue weighted by atomic mass is 35.5. The summed E-state index contributed by atoms with van der Waals surface area (Å²) in [6.07, 6.45) is 0. The Kier molecular flexibility index (Phi) is 4.79. The number of benzene rings is 1. The summed E-state index contributed by atoms with van der Waals surface area (Å²) >= 11 is 6.07. The van der Waals surface area contributed by atoms with Crippen LogP contribution < -0.4 is 10.1 Å². The van der Waals surface area contributed by atoms with Crippen molar-refractivity contribution < 1.29 is 9.13 Å². The lowest BCUT2D eigenvalue weighted by molar-refractivity contribution is 0.300. The molecule has 0 atom stereocenters. The van der Waals surface area contributed by atoms with Crippen LogP contribution in [-0.2, 0) is 6.61 Å². The van der Waals surface area contributed by atoms with E-state index in [0.717, 1.165) is 12.4 Å². The van der Waals surface area contributed by atoms with Crippen molar-refractivity contribution in [3.8, 4) is 5.75 Å². The van der Waals surface area contributed by atoms with Crippen molar-refractivity contribution >= 4 is 17.4 Å². The van der Waals surface area contributed by atoms with Crippen LogP contribution in [0.5, 0.6) is 5.75 Å². The first-order valence-corrected chi connectivity index (χ1v) is 6.76. The number of rotatable bonds is 5. The predicted molar refractivity (Wildman–Crippen MR) is 78.9 cm³/mol. The lowest BCUT2D eigenvalue weighted by Crippen LogP contribution is -2.04. The standard InChI is InChI=1S/C15H16ClFN2O/c1-3-18-15-7-6-12(16)14(19-15)9-20-11-5-4-10(2)13(17)8-11/h4-8H,3,9H2,1-2H3,(H,18,19). The summed E-state index contributed by atoms with van der Waals surface area (Å²) in [4.78, 5) is 4.36. The molecule has 2 rings (SSSR count). The van der Waals surface area contributed by atoms with Crippen LogP contribution in [0.2, 0.25) is 5.02 Å². The second-order valence-corrected chi connectivity index (χ2v) is 4.76. The van der Waals surface area contributed by atoms with Gasteiger partial charge >= 0.3 is 0 Å². The third-order valence-corrected chi connectivity index (χ3v) is 3.14. The fourth-order valence-corrected chi connectivity index (χ4v) is 1.84. The van der Waals surface area contributed by atoms with Crippen LogP contribution in [0.1, 0.15) is 18.2 Å². The van der Waals surface area contributed by atoms with E-state index >= 15 is 0 Å². The summed E-state index contributed by atoms with van der Waals surface area (Å²) in [5.74, 6) is 0.911. The van der Waals surface area contributed by atoms with Crippen molar-refractivity contribution in [1.29, 1.82) is 0 Å². The zero-order chi connectivity index (χ0) is 14.5. The monoisotopic (exact) mass is 294 g/mol. The van der Waals surface area contributed by atoms with Gasteiger partial charge in [-0.25, -0.2) is 9.37 Å². The molecule has 20 heavy (non-hydrogen) atoms. The zero-order valence-corrected chi connectivity index (χ0v) is 12.2. The number of halogens is 2. The Hall–Kier alpha value is -1.81. The molecule has 0 fully saturated rings. The molecule has 0 bridgehead atoms. The van der Waals surface area contributed by atoms with Gasteiger partial charge < -0.3 is 10.1 Å². The Morgan fingerprint density at radius 2 is 2.10 bits per heavy atom. The van der Waals surface area contributed by atoms with Crippen molar-refractivity contribution in [2.45, 2.75) is 20.5 Å². The lowest BCUT2D eigenvalue weighted by atomic mass is 10.2. The summed E-state index contributed by atoms with van der Waals surface area (Å²) in [6, 6.07) is 8.33. The van der Waals surface area contributed by atoms with Crippen LogP contribution in [0.4, 0.5) is 10.2 Å². The van der Waals surface area contributed by atoms with Crippen LogP contribution in [0.3, 0.4) is 0 Å². The topological polar surface area (TPSA) is 34.1 Å². The molecule has 1 N–H and O–H groups in total. The Labute approximate surface area is 122 Å². The number of nitrogens with zero attached hydrogens (tertiary/aromatic N) is 1. The smallest absolute Gasteiger partial charge is 0.132 e. The van der Waals surface area contributed by atoms with E-state index in [1.165, 1.54) is 6.07 Å². The Morgan fingerprint density at radius 1 is 1.30 bits per heavy atom. The van der Waals surface area contributed by atoms with E-state index in [1.54, 1.807) is 31.2 Å². The van der Waals surface area contributed by atoms with Gasteiger partial charge in [0.15, 0.2) is 0 Å². The van der Waals surface area contributed by atoms with E-state index in [4.69, 9.17) is 16.3 Å². The quantitative estimate of drug-likeness (QED) is 0.897. The molecule has 5 heteroatoms. The summed E-state index contributed by atoms with van der Waals surface area (Å²) in [7, 11) is 0. The maximum atomic E-state index is 13.4. The highest BCUT2D eigenvalue weighted by Gasteiger charge is 2.06. The number of anilines is 1. The maximum absolute atomic E-state index is 13.4. The van der Waals surface area contributed by atoms with Crippen LogP contribution in [-0.4, -0.2) is 11.5 Å². The molecule has 0 saturated carbocycles. The molecule has 3 nitrogen and oxygen atoms in total. The average Bonchev–Trinajstić information content (AvgIpc) is 2.43. The molecule has 106 valence electrons. The average molecular weight is 295 g/mol. The summed E-state index contributed by atoms with van der Waals surface area (Å²) in [5.41, 5.74) is 1.20. The van der Waals surface area contributed by atoms with Gasteiger partial charge in [-0.2, -0.15) is 0 Å². The van der Waals surface area contributed by atoms with E-state index in [9.17, 15) is 4.39 Å². The van der Waals surface area contributed by atoms with Gasteiger partial charge in [0.1, 0.15) is 24.0 Å². The number of aromatic nitrogens is 1. The largest absolute Gasteiger partial charge is 0.487 e. The minimum absolute atomic E-state index is 0.195. The van der Waals surface area contributed by atoms with Gasteiger partial charge in [-0.05, 0) is 37.6 Å². The number of hydrogen-bond acceptors (Lipinski definition) is 3. The second-order valence-electron chi connectivity index (χ2n) is 4.36. The fraction of sp³-hybridized carbons (Fsp3) is 0.267. The minimum Gasteiger partial charge on any atom is -0.487 e. The maximum Gasteiger partial charge on any atom is 0.132 e. The molecule has 0 spiro atoms. The molecule has 0 aliphatic rings. The van der Waals surface area contributed by atoms with Gasteiger partial charge in [0.25, 0.3) is 0 Å². The van der Waals surface area contributed by atoms with Crippen LogP contribution in [0.15, 0.2) is 30.3 Å². The highest BCUT2D eigenvalue weighted by molar-refractivity contribution is 6.31. The molecule has 0 aliphatic carbocycles. The molecule has 1 heterocycles. The first-order chi connectivity index (χ1) is 9.60. The Morgan fingerprint density at radius 3 is 2.80 bits per heavy atom. The Balaban J connectivity index is 2.09. The van der Waals surface area contributed by atoms with Crippen LogP contribution in [0.25, 0.3) is 0 Å². The highest BCUT2D eigenvalue weighted by Crippen LogP contribution is 2.21. The number of hydrogen-bond donors (Lipinski definition) is 1. The predicted octanol–water partition coefficient (Wildman–Crippen LogP) is 4.19. The molecular formula is C15H16ClFN2O. The number of ether oxygens (including phenoxy) is 1. The van der Waals surface area contributed by atoms with E-state index < -0.39 is 0 Å². The second kappa shape index (κ2) is 6.57. The van der Waals surface area contributed by atoms with E-state index in [0.29, 0.717) is 22.0 Å². The molecule has 0 aliphatic heterocycles.